The molecule has 0 aliphatic carbocycles. The molecule has 4 rings (SSSR count). The van der Waals surface area contributed by atoms with Crippen molar-refractivity contribution >= 4 is 0 Å². The second-order valence-corrected chi connectivity index (χ2v) is 7.64. The fourth-order valence-electron chi connectivity index (χ4n) is 3.24. The van der Waals surface area contributed by atoms with Gasteiger partial charge in [0.1, 0.15) is 11.6 Å². The van der Waals surface area contributed by atoms with Gasteiger partial charge in [-0.3, -0.25) is 9.59 Å². The first-order chi connectivity index (χ1) is 17.8. The van der Waals surface area contributed by atoms with Crippen LogP contribution in [0.1, 0.15) is 32.4 Å². The Hall–Kier alpha value is -4.60. The molecule has 0 aliphatic heterocycles. The molecule has 0 amide bonds. The van der Waals surface area contributed by atoms with Crippen molar-refractivity contribution in [2.24, 2.45) is 0 Å². The van der Waals surface area contributed by atoms with Crippen LogP contribution in [0, 0.1) is 11.6 Å². The van der Waals surface area contributed by atoms with Gasteiger partial charge in [-0.1, -0.05) is 21.3 Å². The van der Waals surface area contributed by atoms with E-state index in [1.165, 1.54) is 43.8 Å². The molecule has 0 radical (unpaired) electrons. The van der Waals surface area contributed by atoms with Crippen LogP contribution in [0.25, 0.3) is 0 Å². The van der Waals surface area contributed by atoms with Gasteiger partial charge in [-0.15, -0.1) is 0 Å². The fraction of sp³-hybridized carbons (Fsp3) is 0.214. The maximum Gasteiger partial charge on any atom is 0.290 e. The van der Waals surface area contributed by atoms with E-state index < -0.39 is 11.4 Å². The first kappa shape index (κ1) is 29.6. The molecule has 0 aliphatic rings. The summed E-state index contributed by atoms with van der Waals surface area (Å²) in [4.78, 5) is 27.8. The maximum atomic E-state index is 13.7. The minimum atomic E-state index is -0.474. The molecule has 4 aromatic rings. The number of benzene rings is 2. The molecule has 0 saturated heterocycles. The largest absolute Gasteiger partial charge is 0.504 e. The highest BCUT2D eigenvalue weighted by Gasteiger charge is 2.13. The predicted molar refractivity (Wildman–Crippen MR) is 141 cm³/mol. The number of hydrogen-bond donors (Lipinski definition) is 3. The van der Waals surface area contributed by atoms with Gasteiger partial charge in [-0.05, 0) is 60.4 Å². The first-order valence-corrected chi connectivity index (χ1v) is 11.4. The number of ether oxygens (including phenoxy) is 3. The Kier molecular flexibility index (Phi) is 10.6. The highest BCUT2D eigenvalue weighted by atomic mass is 19.1. The summed E-state index contributed by atoms with van der Waals surface area (Å²) in [5, 5.41) is 9.70. The zero-order valence-corrected chi connectivity index (χ0v) is 20.4. The zero-order valence-electron chi connectivity index (χ0n) is 20.4. The summed E-state index contributed by atoms with van der Waals surface area (Å²) in [6.45, 7) is 3.63. The van der Waals surface area contributed by atoms with Crippen molar-refractivity contribution in [2.75, 3.05) is 7.11 Å². The Morgan fingerprint density at radius 2 is 1.21 bits per heavy atom. The van der Waals surface area contributed by atoms with Crippen molar-refractivity contribution in [3.63, 3.8) is 0 Å². The second-order valence-electron chi connectivity index (χ2n) is 7.64. The number of hydrogen-bond acceptors (Lipinski definition) is 6. The van der Waals surface area contributed by atoms with Crippen molar-refractivity contribution in [2.45, 2.75) is 34.1 Å². The number of methoxy groups -OCH3 is 1. The third-order valence-electron chi connectivity index (χ3n) is 5.23. The lowest BCUT2D eigenvalue weighted by Gasteiger charge is -2.11. The van der Waals surface area contributed by atoms with Gasteiger partial charge in [-0.2, -0.15) is 0 Å². The molecule has 0 fully saturated rings. The van der Waals surface area contributed by atoms with Gasteiger partial charge < -0.3 is 29.3 Å². The summed E-state index contributed by atoms with van der Waals surface area (Å²) >= 11 is 0. The molecule has 0 spiro atoms. The van der Waals surface area contributed by atoms with Gasteiger partial charge in [0.15, 0.2) is 34.5 Å². The van der Waals surface area contributed by atoms with Gasteiger partial charge in [0, 0.05) is 24.5 Å². The molecule has 38 heavy (non-hydrogen) atoms. The Bertz CT molecular complexity index is 1480. The van der Waals surface area contributed by atoms with Gasteiger partial charge in [-0.25, -0.2) is 8.78 Å². The number of nitrogens with one attached hydrogen (secondary N) is 2. The first-order valence-electron chi connectivity index (χ1n) is 11.4. The molecule has 3 N–H and O–H groups in total. The van der Waals surface area contributed by atoms with E-state index in [0.717, 1.165) is 6.07 Å². The monoisotopic (exact) mass is 528 g/mol. The smallest absolute Gasteiger partial charge is 0.290 e. The number of H-pyrrole nitrogens is 2. The van der Waals surface area contributed by atoms with E-state index in [9.17, 15) is 23.5 Å². The second kappa shape index (κ2) is 13.6. The highest BCUT2D eigenvalue weighted by molar-refractivity contribution is 5.46. The number of phenols is 1. The molecule has 2 aromatic carbocycles. The van der Waals surface area contributed by atoms with Gasteiger partial charge in [0.05, 0.1) is 7.11 Å². The van der Waals surface area contributed by atoms with Crippen LogP contribution in [0.2, 0.25) is 0 Å². The number of aryl methyl sites for hydroxylation is 2. The zero-order chi connectivity index (χ0) is 26.9. The number of aromatic nitrogens is 2. The van der Waals surface area contributed by atoms with Crippen LogP contribution in [-0.4, -0.2) is 22.2 Å². The SMILES string of the molecule is C.CCc1cc(O)c(Oc2ccc[nH]c2=O)cc1F.CCc1cc(OC)c(Oc2ccc[nH]c2=O)cc1F. The summed E-state index contributed by atoms with van der Waals surface area (Å²) in [6, 6.07) is 11.3. The molecular weight excluding hydrogens is 498 g/mol. The van der Waals surface area contributed by atoms with Crippen LogP contribution >= 0.6 is 0 Å². The van der Waals surface area contributed by atoms with E-state index >= 15 is 0 Å². The highest BCUT2D eigenvalue weighted by Crippen LogP contribution is 2.33. The number of phenolic OH excluding ortho intramolecular Hbond substituents is 1. The molecule has 0 saturated carbocycles. The standard InChI is InChI=1S/C14H14FNO3.C13H12FNO3.CH4/c1-3-9-7-12(18-2)13(8-10(9)15)19-11-5-4-6-16-14(11)17;1-2-8-6-10(16)12(7-9(8)14)18-11-4-3-5-15-13(11)17;/h4-8H,3H2,1-2H3,(H,16,17);3-7,16H,2H2,1H3,(H,15,17);1H4. The third kappa shape index (κ3) is 7.22. The van der Waals surface area contributed by atoms with E-state index in [4.69, 9.17) is 14.2 Å². The molecule has 0 unspecified atom stereocenters. The van der Waals surface area contributed by atoms with E-state index in [1.54, 1.807) is 25.1 Å². The Labute approximate surface area is 218 Å². The molecule has 8 nitrogen and oxygen atoms in total. The van der Waals surface area contributed by atoms with Crippen LogP contribution < -0.4 is 25.3 Å². The molecule has 0 bridgehead atoms. The lowest BCUT2D eigenvalue weighted by Crippen LogP contribution is -2.07. The number of aromatic hydroxyl groups is 1. The lowest BCUT2D eigenvalue weighted by atomic mass is 10.1. The van der Waals surface area contributed by atoms with Crippen molar-refractivity contribution < 1.29 is 28.1 Å². The Balaban J connectivity index is 0.000000260. The Morgan fingerprint density at radius 1 is 0.737 bits per heavy atom. The quantitative estimate of drug-likeness (QED) is 0.268. The van der Waals surface area contributed by atoms with E-state index in [2.05, 4.69) is 9.97 Å². The number of pyridine rings is 2. The maximum absolute atomic E-state index is 13.7. The van der Waals surface area contributed by atoms with Crippen molar-refractivity contribution in [1.82, 2.24) is 9.97 Å². The molecular formula is C28H30F2N2O6. The van der Waals surface area contributed by atoms with Gasteiger partial charge >= 0.3 is 0 Å². The van der Waals surface area contributed by atoms with Crippen molar-refractivity contribution in [1.29, 1.82) is 0 Å². The summed E-state index contributed by atoms with van der Waals surface area (Å²) in [5.74, 6) is -0.488. The van der Waals surface area contributed by atoms with E-state index in [-0.39, 0.29) is 47.6 Å². The van der Waals surface area contributed by atoms with Gasteiger partial charge in [0.25, 0.3) is 11.1 Å². The van der Waals surface area contributed by atoms with Crippen LogP contribution in [0.3, 0.4) is 0 Å². The van der Waals surface area contributed by atoms with Crippen LogP contribution in [-0.2, 0) is 12.8 Å². The van der Waals surface area contributed by atoms with E-state index in [0.29, 0.717) is 29.7 Å². The van der Waals surface area contributed by atoms with Crippen molar-refractivity contribution in [3.05, 3.63) is 104 Å². The average molecular weight is 529 g/mol. The molecule has 2 heterocycles. The average Bonchev–Trinajstić information content (AvgIpc) is 2.89. The third-order valence-corrected chi connectivity index (χ3v) is 5.23. The van der Waals surface area contributed by atoms with Crippen LogP contribution in [0.4, 0.5) is 8.78 Å². The number of rotatable bonds is 7. The minimum absolute atomic E-state index is 0. The summed E-state index contributed by atoms with van der Waals surface area (Å²) < 4.78 is 43.0. The summed E-state index contributed by atoms with van der Waals surface area (Å²) in [5.41, 5.74) is 0.0920. The Morgan fingerprint density at radius 3 is 1.68 bits per heavy atom. The van der Waals surface area contributed by atoms with Crippen LogP contribution in [0.15, 0.2) is 70.5 Å². The molecule has 2 aromatic heterocycles. The lowest BCUT2D eigenvalue weighted by molar-refractivity contribution is 0.374. The molecule has 202 valence electrons. The van der Waals surface area contributed by atoms with Gasteiger partial charge in [0.2, 0.25) is 0 Å². The minimum Gasteiger partial charge on any atom is -0.504 e. The summed E-state index contributed by atoms with van der Waals surface area (Å²) in [7, 11) is 1.47. The van der Waals surface area contributed by atoms with Crippen molar-refractivity contribution in [3.8, 4) is 34.5 Å². The number of halogens is 2. The fourth-order valence-corrected chi connectivity index (χ4v) is 3.24. The van der Waals surface area contributed by atoms with E-state index in [1.807, 2.05) is 6.92 Å². The topological polar surface area (TPSA) is 114 Å². The van der Waals surface area contributed by atoms with Crippen LogP contribution in [0.5, 0.6) is 34.5 Å². The number of aromatic amines is 2. The molecule has 10 heteroatoms. The normalized spacial score (nSPS) is 10.0. The predicted octanol–water partition coefficient (Wildman–Crippen LogP) is 6.09. The molecule has 0 atom stereocenters. The summed E-state index contributed by atoms with van der Waals surface area (Å²) in [6.07, 6.45) is 3.96.